The molecule has 2 rings (SSSR count). The Kier molecular flexibility index (Phi) is 8.07. The molecule has 0 radical (unpaired) electrons. The number of nitrogens with one attached hydrogen (secondary N) is 3. The molecule has 1 aliphatic carbocycles. The number of nitrogens with zero attached hydrogens (tertiary/aromatic N) is 1. The van der Waals surface area contributed by atoms with Crippen molar-refractivity contribution in [3.8, 4) is 0 Å². The van der Waals surface area contributed by atoms with E-state index in [4.69, 9.17) is 0 Å². The molecule has 0 fully saturated rings. The van der Waals surface area contributed by atoms with Crippen LogP contribution in [0.1, 0.15) is 58.4 Å². The Balaban J connectivity index is 1.96. The Morgan fingerprint density at radius 3 is 2.54 bits per heavy atom. The summed E-state index contributed by atoms with van der Waals surface area (Å²) in [5, 5.41) is 6.54. The Morgan fingerprint density at radius 2 is 1.89 bits per heavy atom. The van der Waals surface area contributed by atoms with E-state index in [-0.39, 0.29) is 0 Å². The normalized spacial score (nSPS) is 15.9. The van der Waals surface area contributed by atoms with Gasteiger partial charge in [-0.2, -0.15) is 0 Å². The quantitative estimate of drug-likeness (QED) is 0.369. The van der Waals surface area contributed by atoms with Crippen LogP contribution in [0, 0.1) is 0 Å². The molecule has 0 bridgehead atoms. The van der Waals surface area contributed by atoms with E-state index in [1.165, 1.54) is 31.3 Å². The van der Waals surface area contributed by atoms with Crippen molar-refractivity contribution in [2.24, 2.45) is 4.99 Å². The van der Waals surface area contributed by atoms with Crippen LogP contribution < -0.4 is 15.4 Å². The fourth-order valence-electron chi connectivity index (χ4n) is 3.24. The Bertz CT molecular complexity index is 808. The molecule has 1 aromatic rings. The maximum absolute atomic E-state index is 12.7. The fourth-order valence-corrected chi connectivity index (χ4v) is 4.90. The summed E-state index contributed by atoms with van der Waals surface area (Å²) in [6.07, 6.45) is 8.33. The van der Waals surface area contributed by atoms with Crippen LogP contribution in [0.2, 0.25) is 0 Å². The first-order valence-corrected chi connectivity index (χ1v) is 11.4. The largest absolute Gasteiger partial charge is 0.356 e. The van der Waals surface area contributed by atoms with E-state index in [2.05, 4.69) is 26.4 Å². The van der Waals surface area contributed by atoms with Gasteiger partial charge in [0.1, 0.15) is 0 Å². The first-order valence-electron chi connectivity index (χ1n) is 9.95. The Labute approximate surface area is 170 Å². The van der Waals surface area contributed by atoms with Crippen molar-refractivity contribution in [2.45, 2.75) is 69.9 Å². The summed E-state index contributed by atoms with van der Waals surface area (Å²) in [6, 6.07) is 7.05. The van der Waals surface area contributed by atoms with Crippen molar-refractivity contribution in [3.63, 3.8) is 0 Å². The summed E-state index contributed by atoms with van der Waals surface area (Å²) < 4.78 is 28.2. The van der Waals surface area contributed by atoms with Gasteiger partial charge in [0.05, 0.1) is 4.90 Å². The van der Waals surface area contributed by atoms with Crippen LogP contribution in [0.15, 0.2) is 45.8 Å². The molecule has 0 atom stereocenters. The molecule has 0 aliphatic heterocycles. The molecule has 0 saturated heterocycles. The van der Waals surface area contributed by atoms with Crippen molar-refractivity contribution in [1.82, 2.24) is 15.4 Å². The molecule has 1 aromatic carbocycles. The summed E-state index contributed by atoms with van der Waals surface area (Å²) in [7, 11) is -1.87. The predicted octanol–water partition coefficient (Wildman–Crippen LogP) is 3.32. The van der Waals surface area contributed by atoms with Gasteiger partial charge in [0, 0.05) is 25.7 Å². The van der Waals surface area contributed by atoms with E-state index in [1.54, 1.807) is 19.2 Å². The van der Waals surface area contributed by atoms with Crippen LogP contribution in [-0.4, -0.2) is 33.5 Å². The van der Waals surface area contributed by atoms with Crippen LogP contribution in [0.3, 0.4) is 0 Å². The topological polar surface area (TPSA) is 82.6 Å². The molecule has 156 valence electrons. The predicted molar refractivity (Wildman–Crippen MR) is 116 cm³/mol. The van der Waals surface area contributed by atoms with Gasteiger partial charge >= 0.3 is 0 Å². The third-order valence-electron chi connectivity index (χ3n) is 4.50. The fraction of sp³-hybridized carbons (Fsp3) is 0.571. The third-order valence-corrected chi connectivity index (χ3v) is 6.35. The van der Waals surface area contributed by atoms with E-state index in [9.17, 15) is 8.42 Å². The number of sulfonamides is 1. The van der Waals surface area contributed by atoms with Crippen LogP contribution in [0.25, 0.3) is 0 Å². The molecule has 0 unspecified atom stereocenters. The lowest BCUT2D eigenvalue weighted by atomic mass is 9.97. The van der Waals surface area contributed by atoms with Crippen molar-refractivity contribution < 1.29 is 8.42 Å². The number of benzene rings is 1. The zero-order valence-corrected chi connectivity index (χ0v) is 18.3. The van der Waals surface area contributed by atoms with Crippen LogP contribution in [0.5, 0.6) is 0 Å². The van der Waals surface area contributed by atoms with Crippen LogP contribution in [0.4, 0.5) is 0 Å². The number of hydrogen-bond acceptors (Lipinski definition) is 3. The lowest BCUT2D eigenvalue weighted by Crippen LogP contribution is -2.41. The number of hydrogen-bond donors (Lipinski definition) is 3. The number of aliphatic imine (C=N–C) groups is 1. The van der Waals surface area contributed by atoms with Gasteiger partial charge in [0.15, 0.2) is 5.96 Å². The summed E-state index contributed by atoms with van der Waals surface area (Å²) in [5.41, 5.74) is 1.68. The van der Waals surface area contributed by atoms with E-state index >= 15 is 0 Å². The van der Waals surface area contributed by atoms with Gasteiger partial charge in [-0.3, -0.25) is 4.99 Å². The number of allylic oxidation sites excluding steroid dienone is 1. The van der Waals surface area contributed by atoms with Gasteiger partial charge < -0.3 is 10.6 Å². The zero-order valence-electron chi connectivity index (χ0n) is 17.5. The molecule has 0 spiro atoms. The standard InChI is InChI=1S/C21H34N4O2S/c1-21(2,3)25-28(26,27)19-13-9-8-12-18(19)16-24-20(22-4)23-15-14-17-10-6-5-7-11-17/h8-10,12-13,25H,5-7,11,14-16H2,1-4H3,(H2,22,23,24). The molecule has 1 aliphatic rings. The molecule has 0 aromatic heterocycles. The molecule has 7 heteroatoms. The summed E-state index contributed by atoms with van der Waals surface area (Å²) in [4.78, 5) is 4.54. The molecule has 6 nitrogen and oxygen atoms in total. The highest BCUT2D eigenvalue weighted by atomic mass is 32.2. The average molecular weight is 407 g/mol. The molecule has 3 N–H and O–H groups in total. The maximum Gasteiger partial charge on any atom is 0.241 e. The first-order chi connectivity index (χ1) is 13.2. The second kappa shape index (κ2) is 10.1. The van der Waals surface area contributed by atoms with E-state index in [0.717, 1.165) is 13.0 Å². The molecular weight excluding hydrogens is 372 g/mol. The minimum atomic E-state index is -3.59. The summed E-state index contributed by atoms with van der Waals surface area (Å²) in [5.74, 6) is 0.674. The van der Waals surface area contributed by atoms with Gasteiger partial charge in [-0.25, -0.2) is 13.1 Å². The molecule has 28 heavy (non-hydrogen) atoms. The summed E-state index contributed by atoms with van der Waals surface area (Å²) in [6.45, 7) is 6.69. The van der Waals surface area contributed by atoms with Crippen LogP contribution >= 0.6 is 0 Å². The molecule has 0 saturated carbocycles. The highest BCUT2D eigenvalue weighted by molar-refractivity contribution is 7.89. The number of rotatable bonds is 7. The van der Waals surface area contributed by atoms with Gasteiger partial charge in [-0.05, 0) is 64.5 Å². The lowest BCUT2D eigenvalue weighted by Gasteiger charge is -2.22. The number of guanidine groups is 1. The molecule has 0 amide bonds. The van der Waals surface area contributed by atoms with Crippen molar-refractivity contribution in [2.75, 3.05) is 13.6 Å². The monoisotopic (exact) mass is 406 g/mol. The van der Waals surface area contributed by atoms with Gasteiger partial charge in [-0.1, -0.05) is 29.8 Å². The van der Waals surface area contributed by atoms with Crippen molar-refractivity contribution in [3.05, 3.63) is 41.5 Å². The van der Waals surface area contributed by atoms with Gasteiger partial charge in [-0.15, -0.1) is 0 Å². The second-order valence-corrected chi connectivity index (χ2v) is 9.82. The lowest BCUT2D eigenvalue weighted by molar-refractivity contribution is 0.491. The van der Waals surface area contributed by atoms with E-state index in [0.29, 0.717) is 23.0 Å². The highest BCUT2D eigenvalue weighted by Gasteiger charge is 2.24. The first kappa shape index (κ1) is 22.4. The SMILES string of the molecule is CN=C(NCCC1=CCCCC1)NCc1ccccc1S(=O)(=O)NC(C)(C)C. The zero-order chi connectivity index (χ0) is 20.6. The van der Waals surface area contributed by atoms with E-state index in [1.807, 2.05) is 32.9 Å². The minimum absolute atomic E-state index is 0.292. The summed E-state index contributed by atoms with van der Waals surface area (Å²) >= 11 is 0. The smallest absolute Gasteiger partial charge is 0.241 e. The van der Waals surface area contributed by atoms with Gasteiger partial charge in [0.25, 0.3) is 0 Å². The second-order valence-electron chi connectivity index (χ2n) is 8.17. The molecular formula is C21H34N4O2S. The highest BCUT2D eigenvalue weighted by Crippen LogP contribution is 2.19. The maximum atomic E-state index is 12.7. The molecule has 0 heterocycles. The van der Waals surface area contributed by atoms with E-state index < -0.39 is 15.6 Å². The minimum Gasteiger partial charge on any atom is -0.356 e. The van der Waals surface area contributed by atoms with Crippen molar-refractivity contribution >= 4 is 16.0 Å². The van der Waals surface area contributed by atoms with Crippen molar-refractivity contribution in [1.29, 1.82) is 0 Å². The van der Waals surface area contributed by atoms with Crippen LogP contribution in [-0.2, 0) is 16.6 Å². The average Bonchev–Trinajstić information content (AvgIpc) is 2.63. The Hall–Kier alpha value is -1.86. The third kappa shape index (κ3) is 7.28. The Morgan fingerprint density at radius 1 is 1.14 bits per heavy atom. The van der Waals surface area contributed by atoms with Gasteiger partial charge in [0.2, 0.25) is 10.0 Å².